The molecule has 0 saturated carbocycles. The average molecular weight is 298 g/mol. The van der Waals surface area contributed by atoms with Crippen LogP contribution < -0.4 is 4.90 Å². The van der Waals surface area contributed by atoms with Gasteiger partial charge in [-0.3, -0.25) is 0 Å². The fourth-order valence-electron chi connectivity index (χ4n) is 2.93. The molecule has 7 heteroatoms. The van der Waals surface area contributed by atoms with E-state index in [0.29, 0.717) is 6.54 Å². The fraction of sp³-hybridized carbons (Fsp3) is 0.467. The zero-order valence-corrected chi connectivity index (χ0v) is 12.8. The van der Waals surface area contributed by atoms with Gasteiger partial charge in [0, 0.05) is 20.5 Å². The molecule has 0 amide bonds. The number of hydrogen-bond acceptors (Lipinski definition) is 6. The second-order valence-corrected chi connectivity index (χ2v) is 5.82. The lowest BCUT2D eigenvalue weighted by Crippen LogP contribution is -2.11. The van der Waals surface area contributed by atoms with Gasteiger partial charge in [0.25, 0.3) is 0 Å². The summed E-state index contributed by atoms with van der Waals surface area (Å²) in [5.74, 6) is 2.60. The number of aryl methyl sites for hydroxylation is 2. The molecule has 0 saturated heterocycles. The van der Waals surface area contributed by atoms with Crippen LogP contribution >= 0.6 is 0 Å². The first-order valence-corrected chi connectivity index (χ1v) is 7.53. The minimum absolute atomic E-state index is 0.549. The average Bonchev–Trinajstić information content (AvgIpc) is 3.11. The van der Waals surface area contributed by atoms with Crippen molar-refractivity contribution >= 4 is 17.0 Å². The highest BCUT2D eigenvalue weighted by molar-refractivity contribution is 5.83. The topological polar surface area (TPSA) is 72.9 Å². The number of rotatable bonds is 3. The van der Waals surface area contributed by atoms with Crippen LogP contribution in [-0.4, -0.2) is 38.6 Å². The Hall–Kier alpha value is -2.44. The SMILES string of the molecule is CN(C)c1ncnc2c1ncn2Cc1nc2c(o1)CCCC2. The van der Waals surface area contributed by atoms with Gasteiger partial charge in [0.1, 0.15) is 18.6 Å². The van der Waals surface area contributed by atoms with E-state index in [0.717, 1.165) is 47.2 Å². The first-order chi connectivity index (χ1) is 10.7. The summed E-state index contributed by atoms with van der Waals surface area (Å²) in [5.41, 5.74) is 2.72. The normalized spacial score (nSPS) is 14.3. The highest BCUT2D eigenvalue weighted by atomic mass is 16.4. The van der Waals surface area contributed by atoms with Crippen LogP contribution in [0.4, 0.5) is 5.82 Å². The van der Waals surface area contributed by atoms with E-state index in [4.69, 9.17) is 4.42 Å². The smallest absolute Gasteiger partial charge is 0.214 e. The molecule has 0 aromatic carbocycles. The molecular weight excluding hydrogens is 280 g/mol. The van der Waals surface area contributed by atoms with Gasteiger partial charge in [-0.15, -0.1) is 0 Å². The minimum Gasteiger partial charge on any atom is -0.443 e. The van der Waals surface area contributed by atoms with E-state index in [1.807, 2.05) is 23.6 Å². The molecule has 3 aromatic heterocycles. The molecule has 4 rings (SSSR count). The molecule has 0 radical (unpaired) electrons. The molecule has 3 heterocycles. The van der Waals surface area contributed by atoms with Crippen molar-refractivity contribution in [1.82, 2.24) is 24.5 Å². The number of hydrogen-bond donors (Lipinski definition) is 0. The van der Waals surface area contributed by atoms with E-state index in [2.05, 4.69) is 19.9 Å². The number of imidazole rings is 1. The quantitative estimate of drug-likeness (QED) is 0.734. The summed E-state index contributed by atoms with van der Waals surface area (Å²) in [6, 6.07) is 0. The van der Waals surface area contributed by atoms with Crippen molar-refractivity contribution in [1.29, 1.82) is 0 Å². The summed E-state index contributed by atoms with van der Waals surface area (Å²) in [6.45, 7) is 0.549. The molecule has 114 valence electrons. The van der Waals surface area contributed by atoms with Crippen molar-refractivity contribution in [2.75, 3.05) is 19.0 Å². The fourth-order valence-corrected chi connectivity index (χ4v) is 2.93. The van der Waals surface area contributed by atoms with Gasteiger partial charge in [-0.05, 0) is 19.3 Å². The lowest BCUT2D eigenvalue weighted by Gasteiger charge is -2.10. The van der Waals surface area contributed by atoms with Crippen LogP contribution in [0.5, 0.6) is 0 Å². The van der Waals surface area contributed by atoms with Gasteiger partial charge in [0.15, 0.2) is 17.0 Å². The molecule has 0 atom stereocenters. The predicted octanol–water partition coefficient (Wildman–Crippen LogP) is 1.81. The lowest BCUT2D eigenvalue weighted by atomic mass is 10.0. The third-order valence-corrected chi connectivity index (χ3v) is 4.00. The third-order valence-electron chi connectivity index (χ3n) is 4.00. The van der Waals surface area contributed by atoms with E-state index in [1.54, 1.807) is 12.7 Å². The van der Waals surface area contributed by atoms with E-state index >= 15 is 0 Å². The van der Waals surface area contributed by atoms with Crippen LogP contribution in [0, 0.1) is 0 Å². The van der Waals surface area contributed by atoms with Crippen molar-refractivity contribution in [2.24, 2.45) is 0 Å². The highest BCUT2D eigenvalue weighted by Gasteiger charge is 2.18. The Bertz CT molecular complexity index is 795. The van der Waals surface area contributed by atoms with Crippen LogP contribution in [-0.2, 0) is 19.4 Å². The Balaban J connectivity index is 1.70. The van der Waals surface area contributed by atoms with Gasteiger partial charge in [0.05, 0.1) is 12.0 Å². The molecule has 0 fully saturated rings. The van der Waals surface area contributed by atoms with Crippen molar-refractivity contribution in [2.45, 2.75) is 32.2 Å². The number of fused-ring (bicyclic) bond motifs is 2. The molecule has 0 bridgehead atoms. The van der Waals surface area contributed by atoms with E-state index in [1.165, 1.54) is 12.8 Å². The van der Waals surface area contributed by atoms with Crippen molar-refractivity contribution in [3.63, 3.8) is 0 Å². The first kappa shape index (κ1) is 13.2. The third kappa shape index (κ3) is 2.13. The van der Waals surface area contributed by atoms with Gasteiger partial charge < -0.3 is 13.9 Å². The van der Waals surface area contributed by atoms with Gasteiger partial charge in [-0.1, -0.05) is 0 Å². The molecule has 0 unspecified atom stereocenters. The van der Waals surface area contributed by atoms with Crippen LogP contribution in [0.15, 0.2) is 17.1 Å². The molecule has 0 spiro atoms. The molecule has 0 N–H and O–H groups in total. The van der Waals surface area contributed by atoms with Gasteiger partial charge in [0.2, 0.25) is 5.89 Å². The molecular formula is C15H18N6O. The standard InChI is InChI=1S/C15H18N6O/c1-20(2)14-13-15(17-8-16-14)21(9-18-13)7-12-19-10-5-3-4-6-11(10)22-12/h8-9H,3-7H2,1-2H3. The maximum atomic E-state index is 5.89. The Morgan fingerprint density at radius 1 is 1.18 bits per heavy atom. The minimum atomic E-state index is 0.549. The molecule has 22 heavy (non-hydrogen) atoms. The van der Waals surface area contributed by atoms with Crippen LogP contribution in [0.1, 0.15) is 30.2 Å². The Morgan fingerprint density at radius 3 is 2.86 bits per heavy atom. The van der Waals surface area contributed by atoms with Gasteiger partial charge in [-0.25, -0.2) is 19.9 Å². The second kappa shape index (κ2) is 5.08. The number of oxazole rings is 1. The molecule has 3 aromatic rings. The number of anilines is 1. The van der Waals surface area contributed by atoms with E-state index in [9.17, 15) is 0 Å². The molecule has 1 aliphatic carbocycles. The zero-order chi connectivity index (χ0) is 15.1. The summed E-state index contributed by atoms with van der Waals surface area (Å²) in [7, 11) is 3.89. The predicted molar refractivity (Wildman–Crippen MR) is 81.9 cm³/mol. The molecule has 7 nitrogen and oxygen atoms in total. The summed E-state index contributed by atoms with van der Waals surface area (Å²) in [4.78, 5) is 19.6. The second-order valence-electron chi connectivity index (χ2n) is 5.82. The first-order valence-electron chi connectivity index (χ1n) is 7.53. The van der Waals surface area contributed by atoms with Crippen LogP contribution in [0.3, 0.4) is 0 Å². The lowest BCUT2D eigenvalue weighted by molar-refractivity contribution is 0.431. The largest absolute Gasteiger partial charge is 0.443 e. The van der Waals surface area contributed by atoms with Gasteiger partial charge in [-0.2, -0.15) is 0 Å². The number of aromatic nitrogens is 5. The van der Waals surface area contributed by atoms with Crippen molar-refractivity contribution in [3.8, 4) is 0 Å². The van der Waals surface area contributed by atoms with Crippen LogP contribution in [0.2, 0.25) is 0 Å². The monoisotopic (exact) mass is 298 g/mol. The Morgan fingerprint density at radius 2 is 2.05 bits per heavy atom. The maximum Gasteiger partial charge on any atom is 0.214 e. The highest BCUT2D eigenvalue weighted by Crippen LogP contribution is 2.24. The Labute approximate surface area is 128 Å². The summed E-state index contributed by atoms with van der Waals surface area (Å²) >= 11 is 0. The maximum absolute atomic E-state index is 5.89. The van der Waals surface area contributed by atoms with E-state index in [-0.39, 0.29) is 0 Å². The molecule has 0 aliphatic heterocycles. The summed E-state index contributed by atoms with van der Waals surface area (Å²) in [6.07, 6.45) is 7.75. The summed E-state index contributed by atoms with van der Waals surface area (Å²) < 4.78 is 7.85. The zero-order valence-electron chi connectivity index (χ0n) is 12.8. The van der Waals surface area contributed by atoms with Crippen molar-refractivity contribution in [3.05, 3.63) is 30.0 Å². The summed E-state index contributed by atoms with van der Waals surface area (Å²) in [5, 5.41) is 0. The molecule has 1 aliphatic rings. The number of nitrogens with zero attached hydrogens (tertiary/aromatic N) is 6. The van der Waals surface area contributed by atoms with Crippen molar-refractivity contribution < 1.29 is 4.42 Å². The van der Waals surface area contributed by atoms with E-state index < -0.39 is 0 Å². The Kier molecular flexibility index (Phi) is 3.06. The van der Waals surface area contributed by atoms with Crippen LogP contribution in [0.25, 0.3) is 11.2 Å². The van der Waals surface area contributed by atoms with Gasteiger partial charge >= 0.3 is 0 Å².